The number of carbonyl (C=O) groups excluding carboxylic acids is 1. The van der Waals surface area contributed by atoms with Crippen LogP contribution < -0.4 is 10.6 Å². The van der Waals surface area contributed by atoms with Crippen LogP contribution in [0.5, 0.6) is 0 Å². The van der Waals surface area contributed by atoms with Gasteiger partial charge in [0, 0.05) is 38.1 Å². The summed E-state index contributed by atoms with van der Waals surface area (Å²) in [5, 5.41) is 0. The quantitative estimate of drug-likeness (QED) is 0.899. The highest BCUT2D eigenvalue weighted by Gasteiger charge is 2.42. The molecular weight excluding hydrogens is 348 g/mol. The molecule has 2 heterocycles. The molecule has 5 nitrogen and oxygen atoms in total. The third-order valence-electron chi connectivity index (χ3n) is 5.68. The van der Waals surface area contributed by atoms with Crippen molar-refractivity contribution >= 4 is 29.8 Å². The van der Waals surface area contributed by atoms with Crippen LogP contribution in [0.15, 0.2) is 48.7 Å². The molecule has 3 atom stereocenters. The van der Waals surface area contributed by atoms with Crippen LogP contribution in [0.2, 0.25) is 0 Å². The van der Waals surface area contributed by atoms with Gasteiger partial charge in [-0.15, -0.1) is 12.4 Å². The number of hydrogen-bond donors (Lipinski definition) is 1. The molecule has 1 aliphatic heterocycles. The van der Waals surface area contributed by atoms with E-state index in [2.05, 4.69) is 4.98 Å². The van der Waals surface area contributed by atoms with E-state index in [4.69, 9.17) is 5.73 Å². The first-order chi connectivity index (χ1) is 12.1. The Labute approximate surface area is 160 Å². The minimum atomic E-state index is 0. The molecule has 0 bridgehead atoms. The number of likely N-dealkylation sites (tertiary alicyclic amines) is 1. The van der Waals surface area contributed by atoms with Crippen LogP contribution in [-0.4, -0.2) is 42.0 Å². The van der Waals surface area contributed by atoms with Gasteiger partial charge in [0.25, 0.3) is 5.91 Å². The fraction of sp³-hybridized carbons (Fsp3) is 0.400. The van der Waals surface area contributed by atoms with E-state index < -0.39 is 0 Å². The number of fused-ring (bicyclic) bond motifs is 1. The molecule has 2 aromatic rings. The smallest absolute Gasteiger partial charge is 0.255 e. The summed E-state index contributed by atoms with van der Waals surface area (Å²) in [7, 11) is 1.97. The van der Waals surface area contributed by atoms with E-state index in [9.17, 15) is 4.79 Å². The van der Waals surface area contributed by atoms with Crippen LogP contribution in [0.4, 0.5) is 11.5 Å². The highest BCUT2D eigenvalue weighted by molar-refractivity contribution is 5.94. The molecule has 138 valence electrons. The number of pyridine rings is 1. The van der Waals surface area contributed by atoms with Crippen molar-refractivity contribution in [3.8, 4) is 0 Å². The molecule has 2 N–H and O–H groups in total. The summed E-state index contributed by atoms with van der Waals surface area (Å²) >= 11 is 0. The normalized spacial score (nSPS) is 24.1. The van der Waals surface area contributed by atoms with Crippen molar-refractivity contribution in [3.05, 3.63) is 54.2 Å². The van der Waals surface area contributed by atoms with Crippen molar-refractivity contribution in [1.29, 1.82) is 0 Å². The molecule has 0 radical (unpaired) electrons. The van der Waals surface area contributed by atoms with Gasteiger partial charge in [0.15, 0.2) is 0 Å². The van der Waals surface area contributed by atoms with Gasteiger partial charge in [0.2, 0.25) is 0 Å². The van der Waals surface area contributed by atoms with Gasteiger partial charge in [-0.3, -0.25) is 4.79 Å². The molecular formula is C20H25ClN4O. The molecule has 1 aromatic carbocycles. The second-order valence-electron chi connectivity index (χ2n) is 7.17. The predicted molar refractivity (Wildman–Crippen MR) is 106 cm³/mol. The van der Waals surface area contributed by atoms with Crippen LogP contribution in [0.25, 0.3) is 0 Å². The number of hydrogen-bond acceptors (Lipinski definition) is 4. The number of nitrogens with two attached hydrogens (primary N) is 1. The van der Waals surface area contributed by atoms with Gasteiger partial charge in [-0.2, -0.15) is 0 Å². The number of carbonyl (C=O) groups is 1. The van der Waals surface area contributed by atoms with Crippen LogP contribution in [-0.2, 0) is 0 Å². The molecule has 26 heavy (non-hydrogen) atoms. The Morgan fingerprint density at radius 2 is 1.92 bits per heavy atom. The van der Waals surface area contributed by atoms with E-state index in [0.717, 1.165) is 37.4 Å². The minimum absolute atomic E-state index is 0. The van der Waals surface area contributed by atoms with E-state index in [-0.39, 0.29) is 24.4 Å². The van der Waals surface area contributed by atoms with E-state index in [0.29, 0.717) is 17.4 Å². The topological polar surface area (TPSA) is 62.5 Å². The molecule has 2 aliphatic rings. The summed E-state index contributed by atoms with van der Waals surface area (Å²) in [6.07, 6.45) is 3.93. The van der Waals surface area contributed by atoms with Gasteiger partial charge < -0.3 is 15.5 Å². The maximum atomic E-state index is 12.8. The summed E-state index contributed by atoms with van der Waals surface area (Å²) < 4.78 is 0. The van der Waals surface area contributed by atoms with Gasteiger partial charge in [-0.25, -0.2) is 4.98 Å². The standard InChI is InChI=1S/C20H24N4O.ClH/c1-23(16-5-3-2-4-6-16)19-10-8-14(11-22-19)20(25)24-12-15-7-9-18(21)17(15)13-24;/h2-6,8,10-11,15,17-18H,7,9,12-13,21H2,1H3;1H. The predicted octanol–water partition coefficient (Wildman–Crippen LogP) is 3.08. The van der Waals surface area contributed by atoms with Crippen LogP contribution in [0.1, 0.15) is 23.2 Å². The van der Waals surface area contributed by atoms with Crippen molar-refractivity contribution in [3.63, 3.8) is 0 Å². The Kier molecular flexibility index (Phi) is 5.49. The summed E-state index contributed by atoms with van der Waals surface area (Å²) in [6.45, 7) is 1.62. The third-order valence-corrected chi connectivity index (χ3v) is 5.68. The lowest BCUT2D eigenvalue weighted by Crippen LogP contribution is -2.33. The molecule has 1 aliphatic carbocycles. The van der Waals surface area contributed by atoms with Crippen molar-refractivity contribution in [1.82, 2.24) is 9.88 Å². The Hall–Kier alpha value is -2.11. The third kappa shape index (κ3) is 3.41. The first kappa shape index (κ1) is 18.7. The highest BCUT2D eigenvalue weighted by atomic mass is 35.5. The number of rotatable bonds is 3. The lowest BCUT2D eigenvalue weighted by Gasteiger charge is -2.20. The van der Waals surface area contributed by atoms with Gasteiger partial charge in [-0.1, -0.05) is 18.2 Å². The first-order valence-electron chi connectivity index (χ1n) is 8.93. The number of nitrogens with zero attached hydrogens (tertiary/aromatic N) is 3. The number of aromatic nitrogens is 1. The maximum Gasteiger partial charge on any atom is 0.255 e. The zero-order valence-electron chi connectivity index (χ0n) is 14.9. The molecule has 6 heteroatoms. The summed E-state index contributed by atoms with van der Waals surface area (Å²) in [5.74, 6) is 1.95. The maximum absolute atomic E-state index is 12.8. The SMILES string of the molecule is CN(c1ccccc1)c1ccc(C(=O)N2CC3CCC(N)C3C2)cn1.Cl. The Morgan fingerprint density at radius 3 is 2.58 bits per heavy atom. The van der Waals surface area contributed by atoms with E-state index >= 15 is 0 Å². The largest absolute Gasteiger partial charge is 0.338 e. The molecule has 1 saturated heterocycles. The molecule has 3 unspecified atom stereocenters. The molecule has 4 rings (SSSR count). The van der Waals surface area contributed by atoms with Gasteiger partial charge >= 0.3 is 0 Å². The average molecular weight is 373 g/mol. The fourth-order valence-corrected chi connectivity index (χ4v) is 4.15. The van der Waals surface area contributed by atoms with Crippen molar-refractivity contribution < 1.29 is 4.79 Å². The number of para-hydroxylation sites is 1. The number of benzene rings is 1. The minimum Gasteiger partial charge on any atom is -0.338 e. The Balaban J connectivity index is 0.00000196. The highest BCUT2D eigenvalue weighted by Crippen LogP contribution is 2.37. The van der Waals surface area contributed by atoms with Crippen molar-refractivity contribution in [2.45, 2.75) is 18.9 Å². The van der Waals surface area contributed by atoms with E-state index in [1.54, 1.807) is 6.20 Å². The number of amides is 1. The molecule has 2 fully saturated rings. The van der Waals surface area contributed by atoms with Crippen LogP contribution in [0, 0.1) is 11.8 Å². The number of halogens is 1. The van der Waals surface area contributed by atoms with Crippen LogP contribution in [0.3, 0.4) is 0 Å². The van der Waals surface area contributed by atoms with E-state index in [1.807, 2.05) is 59.3 Å². The summed E-state index contributed by atoms with van der Waals surface area (Å²) in [4.78, 5) is 21.2. The monoisotopic (exact) mass is 372 g/mol. The van der Waals surface area contributed by atoms with E-state index in [1.165, 1.54) is 0 Å². The Bertz CT molecular complexity index is 752. The lowest BCUT2D eigenvalue weighted by molar-refractivity contribution is 0.0779. The molecule has 1 aromatic heterocycles. The summed E-state index contributed by atoms with van der Waals surface area (Å²) in [6, 6.07) is 14.1. The first-order valence-corrected chi connectivity index (χ1v) is 8.93. The Morgan fingerprint density at radius 1 is 1.15 bits per heavy atom. The zero-order chi connectivity index (χ0) is 17.4. The number of anilines is 2. The second-order valence-corrected chi connectivity index (χ2v) is 7.17. The summed E-state index contributed by atoms with van der Waals surface area (Å²) in [5.41, 5.74) is 7.89. The zero-order valence-corrected chi connectivity index (χ0v) is 15.7. The van der Waals surface area contributed by atoms with Gasteiger partial charge in [0.1, 0.15) is 5.82 Å². The average Bonchev–Trinajstić information content (AvgIpc) is 3.24. The van der Waals surface area contributed by atoms with Gasteiger partial charge in [0.05, 0.1) is 5.56 Å². The second kappa shape index (κ2) is 7.64. The van der Waals surface area contributed by atoms with Crippen molar-refractivity contribution in [2.24, 2.45) is 17.6 Å². The van der Waals surface area contributed by atoms with Crippen LogP contribution >= 0.6 is 12.4 Å². The molecule has 0 spiro atoms. The van der Waals surface area contributed by atoms with Crippen molar-refractivity contribution in [2.75, 3.05) is 25.0 Å². The molecule has 1 saturated carbocycles. The fourth-order valence-electron chi connectivity index (χ4n) is 4.15. The lowest BCUT2D eigenvalue weighted by atomic mass is 9.98. The molecule has 1 amide bonds. The van der Waals surface area contributed by atoms with Gasteiger partial charge in [-0.05, 0) is 48.9 Å².